The Hall–Kier alpha value is -3.92. The van der Waals surface area contributed by atoms with Gasteiger partial charge in [0.25, 0.3) is 0 Å². The molecule has 2 heterocycles. The van der Waals surface area contributed by atoms with Crippen LogP contribution in [0.1, 0.15) is 0 Å². The van der Waals surface area contributed by atoms with Gasteiger partial charge in [0.05, 0.1) is 33.8 Å². The van der Waals surface area contributed by atoms with Crippen LogP contribution >= 0.6 is 0 Å². The number of rotatable bonds is 2. The third-order valence-electron chi connectivity index (χ3n) is 4.90. The summed E-state index contributed by atoms with van der Waals surface area (Å²) in [4.78, 5) is 9.65. The molecule has 0 radical (unpaired) electrons. The number of nitrogen functional groups attached to an aromatic ring is 2. The van der Waals surface area contributed by atoms with E-state index in [4.69, 9.17) is 21.4 Å². The summed E-state index contributed by atoms with van der Waals surface area (Å²) >= 11 is 0. The number of nitrogens with two attached hydrogens (primary N) is 2. The van der Waals surface area contributed by atoms with Gasteiger partial charge < -0.3 is 11.5 Å². The number of fused-ring (bicyclic) bond motifs is 2. The summed E-state index contributed by atoms with van der Waals surface area (Å²) in [6.45, 7) is 0. The summed E-state index contributed by atoms with van der Waals surface area (Å²) in [5.41, 5.74) is 19.2. The van der Waals surface area contributed by atoms with Crippen molar-refractivity contribution in [1.29, 1.82) is 0 Å². The fourth-order valence-electron chi connectivity index (χ4n) is 3.53. The van der Waals surface area contributed by atoms with Gasteiger partial charge in [0.1, 0.15) is 0 Å². The largest absolute Gasteiger partial charge is 0.397 e. The highest BCUT2D eigenvalue weighted by atomic mass is 14.8. The number of benzene rings is 3. The van der Waals surface area contributed by atoms with Gasteiger partial charge in [-0.05, 0) is 24.3 Å². The van der Waals surface area contributed by atoms with E-state index in [0.717, 1.165) is 44.3 Å². The highest BCUT2D eigenvalue weighted by Gasteiger charge is 2.11. The predicted octanol–water partition coefficient (Wildman–Crippen LogP) is 5.28. The molecule has 5 rings (SSSR count). The van der Waals surface area contributed by atoms with Crippen LogP contribution in [0.4, 0.5) is 11.4 Å². The molecule has 4 N–H and O–H groups in total. The minimum atomic E-state index is 0.653. The van der Waals surface area contributed by atoms with E-state index in [0.29, 0.717) is 11.4 Å². The molecule has 0 fully saturated rings. The Kier molecular flexibility index (Phi) is 3.69. The summed E-state index contributed by atoms with van der Waals surface area (Å²) in [6, 6.07) is 27.9. The topological polar surface area (TPSA) is 77.8 Å². The molecular formula is C24H18N4. The SMILES string of the molecule is Nc1cc2cc3cc(N)c(-c4ccccc4)nc3cc2nc1-c1ccccc1. The maximum absolute atomic E-state index is 6.29. The molecule has 134 valence electrons. The molecule has 0 atom stereocenters. The van der Waals surface area contributed by atoms with Crippen molar-refractivity contribution >= 4 is 33.2 Å². The molecule has 3 aromatic carbocycles. The molecule has 0 unspecified atom stereocenters. The lowest BCUT2D eigenvalue weighted by Gasteiger charge is -2.11. The maximum Gasteiger partial charge on any atom is 0.0938 e. The average molecular weight is 362 g/mol. The number of anilines is 2. The molecule has 4 nitrogen and oxygen atoms in total. The van der Waals surface area contributed by atoms with Crippen LogP contribution in [0, 0.1) is 0 Å². The molecule has 0 aliphatic heterocycles. The van der Waals surface area contributed by atoms with Crippen LogP contribution < -0.4 is 11.5 Å². The highest BCUT2D eigenvalue weighted by molar-refractivity contribution is 6.00. The first-order valence-corrected chi connectivity index (χ1v) is 9.10. The third kappa shape index (κ3) is 2.72. The van der Waals surface area contributed by atoms with Crippen molar-refractivity contribution in [2.75, 3.05) is 11.5 Å². The van der Waals surface area contributed by atoms with Crippen molar-refractivity contribution in [2.24, 2.45) is 0 Å². The summed E-state index contributed by atoms with van der Waals surface area (Å²) in [5.74, 6) is 0. The van der Waals surface area contributed by atoms with Gasteiger partial charge in [-0.25, -0.2) is 9.97 Å². The molecule has 0 bridgehead atoms. The Morgan fingerprint density at radius 2 is 0.929 bits per heavy atom. The minimum absolute atomic E-state index is 0.653. The second-order valence-electron chi connectivity index (χ2n) is 6.82. The molecule has 0 saturated carbocycles. The lowest BCUT2D eigenvalue weighted by Crippen LogP contribution is -1.97. The summed E-state index contributed by atoms with van der Waals surface area (Å²) in [6.07, 6.45) is 0. The van der Waals surface area contributed by atoms with E-state index in [1.165, 1.54) is 0 Å². The standard InChI is InChI=1S/C24H18N4/c25-19-12-17-11-18-13-20(26)24(16-9-5-2-6-10-16)28-22(18)14-21(17)27-23(19)15-7-3-1-4-8-15/h1-14H,25-26H2. The van der Waals surface area contributed by atoms with Crippen LogP contribution in [0.2, 0.25) is 0 Å². The summed E-state index contributed by atoms with van der Waals surface area (Å²) in [7, 11) is 0. The van der Waals surface area contributed by atoms with Crippen molar-refractivity contribution in [3.05, 3.63) is 84.9 Å². The Bertz CT molecular complexity index is 1210. The van der Waals surface area contributed by atoms with Gasteiger partial charge in [0.15, 0.2) is 0 Å². The second kappa shape index (κ2) is 6.35. The molecular weight excluding hydrogens is 344 g/mol. The Balaban J connectivity index is 1.74. The number of pyridine rings is 2. The van der Waals surface area contributed by atoms with Crippen molar-refractivity contribution < 1.29 is 0 Å². The lowest BCUT2D eigenvalue weighted by atomic mass is 10.0. The summed E-state index contributed by atoms with van der Waals surface area (Å²) in [5, 5.41) is 1.94. The number of aromatic nitrogens is 2. The van der Waals surface area contributed by atoms with Gasteiger partial charge >= 0.3 is 0 Å². The van der Waals surface area contributed by atoms with Crippen LogP contribution in [0.3, 0.4) is 0 Å². The molecule has 0 spiro atoms. The van der Waals surface area contributed by atoms with E-state index in [1.807, 2.05) is 84.9 Å². The normalized spacial score (nSPS) is 11.1. The van der Waals surface area contributed by atoms with Gasteiger partial charge in [-0.15, -0.1) is 0 Å². The van der Waals surface area contributed by atoms with E-state index in [9.17, 15) is 0 Å². The van der Waals surface area contributed by atoms with E-state index in [1.54, 1.807) is 0 Å². The van der Waals surface area contributed by atoms with Gasteiger partial charge in [-0.3, -0.25) is 0 Å². The van der Waals surface area contributed by atoms with Crippen LogP contribution in [-0.4, -0.2) is 9.97 Å². The Morgan fingerprint density at radius 1 is 0.500 bits per heavy atom. The zero-order valence-corrected chi connectivity index (χ0v) is 15.1. The number of hydrogen-bond donors (Lipinski definition) is 2. The minimum Gasteiger partial charge on any atom is -0.397 e. The fraction of sp³-hybridized carbons (Fsp3) is 0. The van der Waals surface area contributed by atoms with Gasteiger partial charge in [0, 0.05) is 21.9 Å². The first-order valence-electron chi connectivity index (χ1n) is 9.10. The zero-order valence-electron chi connectivity index (χ0n) is 15.1. The molecule has 2 aromatic heterocycles. The second-order valence-corrected chi connectivity index (χ2v) is 6.82. The van der Waals surface area contributed by atoms with Gasteiger partial charge in [-0.1, -0.05) is 60.7 Å². The van der Waals surface area contributed by atoms with Crippen LogP contribution in [-0.2, 0) is 0 Å². The monoisotopic (exact) mass is 362 g/mol. The molecule has 28 heavy (non-hydrogen) atoms. The van der Waals surface area contributed by atoms with Gasteiger partial charge in [-0.2, -0.15) is 0 Å². The number of hydrogen-bond acceptors (Lipinski definition) is 4. The molecule has 5 aromatic rings. The highest BCUT2D eigenvalue weighted by Crippen LogP contribution is 2.32. The smallest absolute Gasteiger partial charge is 0.0938 e. The van der Waals surface area contributed by atoms with Crippen molar-refractivity contribution in [2.45, 2.75) is 0 Å². The average Bonchev–Trinajstić information content (AvgIpc) is 2.73. The molecule has 4 heteroatoms. The first kappa shape index (κ1) is 16.3. The van der Waals surface area contributed by atoms with E-state index < -0.39 is 0 Å². The quantitative estimate of drug-likeness (QED) is 0.419. The maximum atomic E-state index is 6.29. The van der Waals surface area contributed by atoms with E-state index in [-0.39, 0.29) is 0 Å². The van der Waals surface area contributed by atoms with E-state index >= 15 is 0 Å². The van der Waals surface area contributed by atoms with Crippen molar-refractivity contribution in [3.63, 3.8) is 0 Å². The van der Waals surface area contributed by atoms with Crippen molar-refractivity contribution in [3.8, 4) is 22.5 Å². The summed E-state index contributed by atoms with van der Waals surface area (Å²) < 4.78 is 0. The Labute approximate surface area is 162 Å². The molecule has 0 amide bonds. The van der Waals surface area contributed by atoms with Crippen molar-refractivity contribution in [1.82, 2.24) is 9.97 Å². The van der Waals surface area contributed by atoms with Crippen LogP contribution in [0.5, 0.6) is 0 Å². The Morgan fingerprint density at radius 3 is 1.36 bits per heavy atom. The van der Waals surface area contributed by atoms with Crippen LogP contribution in [0.25, 0.3) is 44.3 Å². The molecule has 0 aliphatic carbocycles. The molecule has 0 saturated heterocycles. The predicted molar refractivity (Wildman–Crippen MR) is 117 cm³/mol. The third-order valence-corrected chi connectivity index (χ3v) is 4.90. The first-order chi connectivity index (χ1) is 13.7. The number of nitrogens with zero attached hydrogens (tertiary/aromatic N) is 2. The molecule has 0 aliphatic rings. The zero-order chi connectivity index (χ0) is 19.1. The fourth-order valence-corrected chi connectivity index (χ4v) is 3.53. The van der Waals surface area contributed by atoms with Gasteiger partial charge in [0.2, 0.25) is 0 Å². The van der Waals surface area contributed by atoms with E-state index in [2.05, 4.69) is 0 Å². The van der Waals surface area contributed by atoms with Crippen LogP contribution in [0.15, 0.2) is 84.9 Å². The lowest BCUT2D eigenvalue weighted by molar-refractivity contribution is 1.38.